The molecule has 0 aromatic rings. The van der Waals surface area contributed by atoms with Crippen molar-refractivity contribution in [2.24, 2.45) is 11.5 Å². The number of carbonyl (C=O) groups excluding carboxylic acids is 2. The normalized spacial score (nSPS) is 6.67. The van der Waals surface area contributed by atoms with Crippen LogP contribution in [-0.2, 0) is 30.6 Å². The molecule has 12 heavy (non-hydrogen) atoms. The molecule has 0 atom stereocenters. The molecule has 0 heterocycles. The van der Waals surface area contributed by atoms with Crippen LogP contribution in [0, 0.1) is 0 Å². The Kier molecular flexibility index (Phi) is 24.1. The van der Waals surface area contributed by atoms with Crippen molar-refractivity contribution in [3.05, 3.63) is 0 Å². The Morgan fingerprint density at radius 1 is 1.00 bits per heavy atom. The average Bonchev–Trinajstić information content (AvgIpc) is 2.09. The number of carboxylic acids is 2. The standard InChI is InChI=1S/2C2H5NO2.O.V/c2*3-1-2(4)5;;/h2*1,3H2,(H,4,5);;/q;;;+2/p-2. The molecule has 4 N–H and O–H groups in total. The van der Waals surface area contributed by atoms with Crippen molar-refractivity contribution in [3.8, 4) is 0 Å². The summed E-state index contributed by atoms with van der Waals surface area (Å²) in [5.74, 6) is -2.44. The molecule has 0 aliphatic rings. The predicted octanol–water partition coefficient (Wildman–Crippen LogP) is -4.73. The van der Waals surface area contributed by atoms with Gasteiger partial charge in [-0.25, -0.2) is 0 Å². The number of rotatable bonds is 2. The number of hydrogen-bond acceptors (Lipinski definition) is 7. The van der Waals surface area contributed by atoms with Crippen LogP contribution in [0.2, 0.25) is 0 Å². The molecule has 7 nitrogen and oxygen atoms in total. The molecule has 0 aliphatic heterocycles. The van der Waals surface area contributed by atoms with E-state index in [-0.39, 0.29) is 13.1 Å². The van der Waals surface area contributed by atoms with Crippen LogP contribution in [0.15, 0.2) is 0 Å². The first kappa shape index (κ1) is 17.4. The van der Waals surface area contributed by atoms with Crippen molar-refractivity contribution in [2.75, 3.05) is 13.1 Å². The van der Waals surface area contributed by atoms with Gasteiger partial charge in [-0.3, -0.25) is 0 Å². The van der Waals surface area contributed by atoms with Gasteiger partial charge in [0.15, 0.2) is 0 Å². The van der Waals surface area contributed by atoms with E-state index in [4.69, 9.17) is 23.5 Å². The Labute approximate surface area is 77.9 Å². The molecule has 0 fully saturated rings. The molecule has 0 saturated carbocycles. The first-order chi connectivity index (χ1) is 5.54. The zero-order valence-electron chi connectivity index (χ0n) is 6.06. The molecule has 0 aliphatic carbocycles. The van der Waals surface area contributed by atoms with Crippen LogP contribution in [0.3, 0.4) is 0 Å². The monoisotopic (exact) mass is 215 g/mol. The second kappa shape index (κ2) is 16.7. The van der Waals surface area contributed by atoms with E-state index in [1.54, 1.807) is 0 Å². The van der Waals surface area contributed by atoms with E-state index in [1.807, 2.05) is 0 Å². The van der Waals surface area contributed by atoms with Gasteiger partial charge in [-0.15, -0.1) is 0 Å². The molecule has 0 rings (SSSR count). The van der Waals surface area contributed by atoms with Gasteiger partial charge in [0, 0.05) is 13.1 Å². The SMILES string of the molecule is NCC(=O)[O-].NCC(=O)[O-].[O]=[V+2]. The molecular formula is C4H8N2O5V. The second-order valence-corrected chi connectivity index (χ2v) is 1.15. The maximum absolute atomic E-state index is 9.13. The number of carbonyl (C=O) groups is 2. The Morgan fingerprint density at radius 3 is 1.08 bits per heavy atom. The summed E-state index contributed by atoms with van der Waals surface area (Å²) in [7, 11) is 0. The summed E-state index contributed by atoms with van der Waals surface area (Å²) >= 11 is 1.06. The molecule has 0 aromatic carbocycles. The van der Waals surface area contributed by atoms with Crippen LogP contribution in [-0.4, -0.2) is 25.0 Å². The summed E-state index contributed by atoms with van der Waals surface area (Å²) in [5.41, 5.74) is 9.02. The van der Waals surface area contributed by atoms with Gasteiger partial charge in [0.05, 0.1) is 11.9 Å². The van der Waals surface area contributed by atoms with E-state index in [0.717, 1.165) is 17.4 Å². The quantitative estimate of drug-likeness (QED) is 0.469. The Morgan fingerprint density at radius 2 is 1.08 bits per heavy atom. The fraction of sp³-hybridized carbons (Fsp3) is 0.500. The van der Waals surface area contributed by atoms with E-state index >= 15 is 0 Å². The average molecular weight is 215 g/mol. The van der Waals surface area contributed by atoms with Gasteiger partial charge in [-0.05, 0) is 0 Å². The number of carboxylic acid groups (broad SMARTS) is 2. The van der Waals surface area contributed by atoms with Crippen molar-refractivity contribution in [2.45, 2.75) is 0 Å². The Hall–Kier alpha value is -0.756. The molecule has 0 radical (unpaired) electrons. The topological polar surface area (TPSA) is 149 Å². The van der Waals surface area contributed by atoms with Crippen LogP contribution in [0.1, 0.15) is 0 Å². The predicted molar refractivity (Wildman–Crippen MR) is 28.8 cm³/mol. The van der Waals surface area contributed by atoms with Crippen molar-refractivity contribution < 1.29 is 40.8 Å². The molecule has 69 valence electrons. The third kappa shape index (κ3) is 59.7. The van der Waals surface area contributed by atoms with Crippen LogP contribution in [0.5, 0.6) is 0 Å². The maximum atomic E-state index is 9.13. The molecule has 0 spiro atoms. The van der Waals surface area contributed by atoms with Crippen LogP contribution >= 0.6 is 0 Å². The first-order valence-corrected chi connectivity index (χ1v) is 3.09. The summed E-state index contributed by atoms with van der Waals surface area (Å²) in [5, 5.41) is 18.3. The van der Waals surface area contributed by atoms with Gasteiger partial charge < -0.3 is 31.3 Å². The van der Waals surface area contributed by atoms with E-state index in [2.05, 4.69) is 11.5 Å². The summed E-state index contributed by atoms with van der Waals surface area (Å²) in [6.45, 7) is -0.778. The Balaban J connectivity index is -0.000000112. The summed E-state index contributed by atoms with van der Waals surface area (Å²) in [6.07, 6.45) is 0. The molecule has 0 saturated heterocycles. The van der Waals surface area contributed by atoms with E-state index in [1.165, 1.54) is 0 Å². The summed E-state index contributed by atoms with van der Waals surface area (Å²) in [4.78, 5) is 18.3. The van der Waals surface area contributed by atoms with Crippen LogP contribution < -0.4 is 21.7 Å². The number of aliphatic carboxylic acids is 2. The fourth-order valence-corrected chi connectivity index (χ4v) is 0. The molecule has 0 bridgehead atoms. The van der Waals surface area contributed by atoms with Gasteiger partial charge >= 0.3 is 21.0 Å². The fourth-order valence-electron chi connectivity index (χ4n) is 0. The molecular weight excluding hydrogens is 207 g/mol. The van der Waals surface area contributed by atoms with Gasteiger partial charge in [0.2, 0.25) is 0 Å². The first-order valence-electron chi connectivity index (χ1n) is 2.52. The van der Waals surface area contributed by atoms with Gasteiger partial charge in [0.1, 0.15) is 0 Å². The minimum absolute atomic E-state index is 0.389. The molecule has 0 amide bonds. The summed E-state index contributed by atoms with van der Waals surface area (Å²) < 4.78 is 8.19. The zero-order valence-corrected chi connectivity index (χ0v) is 7.45. The van der Waals surface area contributed by atoms with Gasteiger partial charge in [-0.2, -0.15) is 0 Å². The number of nitrogens with two attached hydrogens (primary N) is 2. The van der Waals surface area contributed by atoms with Crippen LogP contribution in [0.4, 0.5) is 0 Å². The van der Waals surface area contributed by atoms with Crippen molar-refractivity contribution in [1.82, 2.24) is 0 Å². The third-order valence-electron chi connectivity index (χ3n) is 0.333. The third-order valence-corrected chi connectivity index (χ3v) is 0.333. The van der Waals surface area contributed by atoms with Gasteiger partial charge in [0.25, 0.3) is 0 Å². The van der Waals surface area contributed by atoms with E-state index in [9.17, 15) is 0 Å². The number of hydrogen-bond donors (Lipinski definition) is 2. The van der Waals surface area contributed by atoms with Crippen molar-refractivity contribution in [1.29, 1.82) is 0 Å². The Bertz CT molecular complexity index is 117. The van der Waals surface area contributed by atoms with Crippen LogP contribution in [0.25, 0.3) is 0 Å². The molecule has 0 aromatic heterocycles. The van der Waals surface area contributed by atoms with Crippen molar-refractivity contribution >= 4 is 11.9 Å². The van der Waals surface area contributed by atoms with Crippen molar-refractivity contribution in [3.63, 3.8) is 0 Å². The molecule has 8 heteroatoms. The minimum atomic E-state index is -1.22. The second-order valence-electron chi connectivity index (χ2n) is 1.15. The zero-order chi connectivity index (χ0) is 10.6. The van der Waals surface area contributed by atoms with E-state index in [0.29, 0.717) is 0 Å². The van der Waals surface area contributed by atoms with Gasteiger partial charge in [-0.1, -0.05) is 0 Å². The molecule has 0 unspecified atom stereocenters. The summed E-state index contributed by atoms with van der Waals surface area (Å²) in [6, 6.07) is 0. The van der Waals surface area contributed by atoms with E-state index < -0.39 is 11.9 Å².